The van der Waals surface area contributed by atoms with Crippen LogP contribution in [0, 0.1) is 5.92 Å². The van der Waals surface area contributed by atoms with Gasteiger partial charge in [-0.3, -0.25) is 4.79 Å². The molecule has 0 atom stereocenters. The minimum atomic E-state index is -4.40. The summed E-state index contributed by atoms with van der Waals surface area (Å²) in [6.45, 7) is 2.34. The van der Waals surface area contributed by atoms with Crippen LogP contribution in [0.2, 0.25) is 0 Å². The maximum Gasteiger partial charge on any atom is 0.422 e. The number of alkyl halides is 3. The molecule has 0 aliphatic carbocycles. The van der Waals surface area contributed by atoms with Crippen LogP contribution in [0.15, 0.2) is 18.3 Å². The van der Waals surface area contributed by atoms with E-state index in [4.69, 9.17) is 0 Å². The van der Waals surface area contributed by atoms with Crippen molar-refractivity contribution in [3.8, 4) is 5.88 Å². The Labute approximate surface area is 109 Å². The lowest BCUT2D eigenvalue weighted by Gasteiger charge is -2.10. The van der Waals surface area contributed by atoms with E-state index in [0.29, 0.717) is 5.56 Å². The lowest BCUT2D eigenvalue weighted by Crippen LogP contribution is -2.27. The summed E-state index contributed by atoms with van der Waals surface area (Å²) in [6, 6.07) is 2.97. The van der Waals surface area contributed by atoms with Crippen molar-refractivity contribution in [2.45, 2.75) is 26.6 Å². The van der Waals surface area contributed by atoms with Gasteiger partial charge in [0.1, 0.15) is 0 Å². The zero-order chi connectivity index (χ0) is 14.5. The van der Waals surface area contributed by atoms with E-state index in [9.17, 15) is 18.0 Å². The second kappa shape index (κ2) is 6.40. The maximum atomic E-state index is 12.0. The number of nitrogens with zero attached hydrogens (tertiary/aromatic N) is 1. The van der Waals surface area contributed by atoms with Crippen molar-refractivity contribution in [2.24, 2.45) is 5.92 Å². The number of rotatable bonds is 5. The highest BCUT2D eigenvalue weighted by Crippen LogP contribution is 2.17. The van der Waals surface area contributed by atoms with Gasteiger partial charge in [0, 0.05) is 24.7 Å². The summed E-state index contributed by atoms with van der Waals surface area (Å²) in [6.07, 6.45) is -3.06. The third kappa shape index (κ3) is 6.08. The predicted octanol–water partition coefficient (Wildman–Crippen LogP) is 2.29. The molecular weight excluding hydrogens is 261 g/mol. The monoisotopic (exact) mass is 276 g/mol. The van der Waals surface area contributed by atoms with Gasteiger partial charge < -0.3 is 10.1 Å². The molecule has 4 nitrogen and oxygen atoms in total. The fraction of sp³-hybridized carbons (Fsp3) is 0.500. The van der Waals surface area contributed by atoms with Gasteiger partial charge in [-0.2, -0.15) is 13.2 Å². The van der Waals surface area contributed by atoms with Crippen molar-refractivity contribution >= 4 is 5.91 Å². The topological polar surface area (TPSA) is 51.2 Å². The number of halogens is 3. The molecule has 0 saturated heterocycles. The molecule has 0 aromatic carbocycles. The van der Waals surface area contributed by atoms with Crippen LogP contribution in [0.5, 0.6) is 5.88 Å². The lowest BCUT2D eigenvalue weighted by atomic mass is 10.2. The average Bonchev–Trinajstić information content (AvgIpc) is 2.33. The van der Waals surface area contributed by atoms with Gasteiger partial charge in [-0.05, 0) is 11.6 Å². The number of amides is 1. The smallest absolute Gasteiger partial charge is 0.422 e. The molecule has 1 rings (SSSR count). The molecular formula is C12H15F3N2O2. The van der Waals surface area contributed by atoms with Crippen LogP contribution in [-0.4, -0.2) is 23.7 Å². The molecule has 1 amide bonds. The molecule has 106 valence electrons. The highest BCUT2D eigenvalue weighted by Gasteiger charge is 2.28. The van der Waals surface area contributed by atoms with Gasteiger partial charge in [-0.1, -0.05) is 13.8 Å². The molecule has 0 saturated carbocycles. The number of pyridine rings is 1. The number of nitrogens with one attached hydrogen (secondary N) is 1. The Morgan fingerprint density at radius 2 is 2.16 bits per heavy atom. The number of carbonyl (C=O) groups excluding carboxylic acids is 1. The summed E-state index contributed by atoms with van der Waals surface area (Å²) >= 11 is 0. The molecule has 1 heterocycles. The van der Waals surface area contributed by atoms with E-state index in [2.05, 4.69) is 15.0 Å². The van der Waals surface area contributed by atoms with Crippen molar-refractivity contribution in [3.63, 3.8) is 0 Å². The van der Waals surface area contributed by atoms with Crippen LogP contribution >= 0.6 is 0 Å². The SMILES string of the molecule is CC(C)C(=O)NCc1ccnc(OCC(F)(F)F)c1. The Bertz CT molecular complexity index is 433. The second-order valence-corrected chi connectivity index (χ2v) is 4.28. The molecule has 0 aliphatic rings. The van der Waals surface area contributed by atoms with Crippen LogP contribution in [0.25, 0.3) is 0 Å². The third-order valence-corrected chi connectivity index (χ3v) is 2.17. The van der Waals surface area contributed by atoms with E-state index in [1.807, 2.05) is 0 Å². The fourth-order valence-electron chi connectivity index (χ4n) is 1.19. The fourth-order valence-corrected chi connectivity index (χ4v) is 1.19. The molecule has 0 aliphatic heterocycles. The minimum absolute atomic E-state index is 0.117. The van der Waals surface area contributed by atoms with Crippen LogP contribution in [-0.2, 0) is 11.3 Å². The van der Waals surface area contributed by atoms with Crippen LogP contribution in [0.1, 0.15) is 19.4 Å². The largest absolute Gasteiger partial charge is 0.468 e. The van der Waals surface area contributed by atoms with Gasteiger partial charge in [-0.25, -0.2) is 4.98 Å². The van der Waals surface area contributed by atoms with Gasteiger partial charge in [-0.15, -0.1) is 0 Å². The lowest BCUT2D eigenvalue weighted by molar-refractivity contribution is -0.154. The summed E-state index contributed by atoms with van der Waals surface area (Å²) in [5, 5.41) is 2.65. The molecule has 0 spiro atoms. The van der Waals surface area contributed by atoms with Crippen molar-refractivity contribution in [1.29, 1.82) is 0 Å². The van der Waals surface area contributed by atoms with E-state index in [0.717, 1.165) is 0 Å². The molecule has 0 unspecified atom stereocenters. The van der Waals surface area contributed by atoms with Crippen molar-refractivity contribution in [1.82, 2.24) is 10.3 Å². The highest BCUT2D eigenvalue weighted by atomic mass is 19.4. The first-order valence-electron chi connectivity index (χ1n) is 5.70. The summed E-state index contributed by atoms with van der Waals surface area (Å²) in [5.74, 6) is -0.397. The summed E-state index contributed by atoms with van der Waals surface area (Å²) in [5.41, 5.74) is 0.626. The van der Waals surface area contributed by atoms with E-state index in [1.54, 1.807) is 19.9 Å². The first-order chi connectivity index (χ1) is 8.78. The van der Waals surface area contributed by atoms with Crippen molar-refractivity contribution < 1.29 is 22.7 Å². The second-order valence-electron chi connectivity index (χ2n) is 4.28. The number of carbonyl (C=O) groups is 1. The Kier molecular flexibility index (Phi) is 5.14. The summed E-state index contributed by atoms with van der Waals surface area (Å²) in [4.78, 5) is 15.0. The van der Waals surface area contributed by atoms with Gasteiger partial charge in [0.2, 0.25) is 11.8 Å². The first kappa shape index (κ1) is 15.3. The molecule has 0 radical (unpaired) electrons. The van der Waals surface area contributed by atoms with Gasteiger partial charge in [0.15, 0.2) is 6.61 Å². The number of hydrogen-bond donors (Lipinski definition) is 1. The maximum absolute atomic E-state index is 12.0. The zero-order valence-electron chi connectivity index (χ0n) is 10.6. The van der Waals surface area contributed by atoms with Crippen molar-refractivity contribution in [3.05, 3.63) is 23.9 Å². The Morgan fingerprint density at radius 3 is 2.74 bits per heavy atom. The van der Waals surface area contributed by atoms with E-state index in [1.165, 1.54) is 12.3 Å². The number of hydrogen-bond acceptors (Lipinski definition) is 3. The Hall–Kier alpha value is -1.79. The molecule has 7 heteroatoms. The number of ether oxygens (including phenoxy) is 1. The van der Waals surface area contributed by atoms with E-state index < -0.39 is 12.8 Å². The van der Waals surface area contributed by atoms with Crippen LogP contribution in [0.3, 0.4) is 0 Å². The van der Waals surface area contributed by atoms with E-state index in [-0.39, 0.29) is 24.2 Å². The highest BCUT2D eigenvalue weighted by molar-refractivity contribution is 5.77. The predicted molar refractivity (Wildman–Crippen MR) is 62.5 cm³/mol. The molecule has 0 bridgehead atoms. The molecule has 1 N–H and O–H groups in total. The quantitative estimate of drug-likeness (QED) is 0.897. The van der Waals surface area contributed by atoms with Gasteiger partial charge >= 0.3 is 6.18 Å². The van der Waals surface area contributed by atoms with Crippen LogP contribution < -0.4 is 10.1 Å². The first-order valence-corrected chi connectivity index (χ1v) is 5.70. The molecule has 1 aromatic rings. The average molecular weight is 276 g/mol. The summed E-state index contributed by atoms with van der Waals surface area (Å²) in [7, 11) is 0. The third-order valence-electron chi connectivity index (χ3n) is 2.17. The standard InChI is InChI=1S/C12H15F3N2O2/c1-8(2)11(18)17-6-9-3-4-16-10(5-9)19-7-12(13,14)15/h3-5,8H,6-7H2,1-2H3,(H,17,18). The summed E-state index contributed by atoms with van der Waals surface area (Å²) < 4.78 is 40.4. The minimum Gasteiger partial charge on any atom is -0.468 e. The van der Waals surface area contributed by atoms with Gasteiger partial charge in [0.25, 0.3) is 0 Å². The van der Waals surface area contributed by atoms with E-state index >= 15 is 0 Å². The zero-order valence-corrected chi connectivity index (χ0v) is 10.6. The van der Waals surface area contributed by atoms with Crippen molar-refractivity contribution in [2.75, 3.05) is 6.61 Å². The Morgan fingerprint density at radius 1 is 1.47 bits per heavy atom. The number of aromatic nitrogens is 1. The Balaban J connectivity index is 2.55. The van der Waals surface area contributed by atoms with Gasteiger partial charge in [0.05, 0.1) is 0 Å². The molecule has 0 fully saturated rings. The molecule has 19 heavy (non-hydrogen) atoms. The molecule has 1 aromatic heterocycles. The normalized spacial score (nSPS) is 11.5. The van der Waals surface area contributed by atoms with Crippen LogP contribution in [0.4, 0.5) is 13.2 Å².